The summed E-state index contributed by atoms with van der Waals surface area (Å²) in [6.45, 7) is 4.06. The van der Waals surface area contributed by atoms with Crippen molar-refractivity contribution in [2.75, 3.05) is 13.1 Å². The molecule has 0 radical (unpaired) electrons. The van der Waals surface area contributed by atoms with Crippen molar-refractivity contribution in [3.8, 4) is 0 Å². The molecule has 0 spiro atoms. The second kappa shape index (κ2) is 7.46. The fourth-order valence-electron chi connectivity index (χ4n) is 3.65. The molecular formula is C19H21F2N3O3. The minimum Gasteiger partial charge on any atom is -0.478 e. The second-order valence-electron chi connectivity index (χ2n) is 6.81. The first-order chi connectivity index (χ1) is 12.8. The Morgan fingerprint density at radius 2 is 1.81 bits per heavy atom. The molecule has 1 atom stereocenters. The summed E-state index contributed by atoms with van der Waals surface area (Å²) in [5.74, 6) is -3.70. The minimum absolute atomic E-state index is 0.0114. The van der Waals surface area contributed by atoms with Crippen molar-refractivity contribution in [1.82, 2.24) is 14.7 Å². The van der Waals surface area contributed by atoms with Gasteiger partial charge in [-0.3, -0.25) is 9.48 Å². The van der Waals surface area contributed by atoms with Crippen molar-refractivity contribution in [1.29, 1.82) is 0 Å². The summed E-state index contributed by atoms with van der Waals surface area (Å²) in [6.07, 6.45) is 2.53. The standard InChI is InChI=1S/C19H21F2N3O3/c1-11(17-15(20)4-3-5-16(17)21)18(25)23-8-6-13(7-9-23)24-12(2)14(10-22-24)19(26)27/h3-5,10-11,13H,6-9H2,1-2H3,(H,26,27). The third kappa shape index (κ3) is 3.56. The van der Waals surface area contributed by atoms with Gasteiger partial charge in [0.25, 0.3) is 0 Å². The Morgan fingerprint density at radius 1 is 1.22 bits per heavy atom. The number of aromatic nitrogens is 2. The van der Waals surface area contributed by atoms with Crippen LogP contribution in [0.4, 0.5) is 8.78 Å². The molecule has 1 aliphatic rings. The second-order valence-corrected chi connectivity index (χ2v) is 6.81. The van der Waals surface area contributed by atoms with Crippen LogP contribution in [0.25, 0.3) is 0 Å². The lowest BCUT2D eigenvalue weighted by Crippen LogP contribution is -2.41. The van der Waals surface area contributed by atoms with Crippen LogP contribution in [0.5, 0.6) is 0 Å². The van der Waals surface area contributed by atoms with E-state index in [9.17, 15) is 18.4 Å². The van der Waals surface area contributed by atoms with Crippen LogP contribution in [0.2, 0.25) is 0 Å². The molecule has 1 aromatic carbocycles. The highest BCUT2D eigenvalue weighted by molar-refractivity contribution is 5.88. The summed E-state index contributed by atoms with van der Waals surface area (Å²) in [5, 5.41) is 13.3. The van der Waals surface area contributed by atoms with Crippen molar-refractivity contribution in [2.24, 2.45) is 0 Å². The molecule has 1 aromatic heterocycles. The Morgan fingerprint density at radius 3 is 2.33 bits per heavy atom. The van der Waals surface area contributed by atoms with Gasteiger partial charge in [-0.25, -0.2) is 13.6 Å². The van der Waals surface area contributed by atoms with Gasteiger partial charge in [-0.2, -0.15) is 5.10 Å². The fourth-order valence-corrected chi connectivity index (χ4v) is 3.65. The predicted molar refractivity (Wildman–Crippen MR) is 93.5 cm³/mol. The normalized spacial score (nSPS) is 16.4. The smallest absolute Gasteiger partial charge is 0.339 e. The van der Waals surface area contributed by atoms with Crippen LogP contribution in [0.1, 0.15) is 53.3 Å². The number of carbonyl (C=O) groups excluding carboxylic acids is 1. The zero-order chi connectivity index (χ0) is 19.7. The van der Waals surface area contributed by atoms with Gasteiger partial charge >= 0.3 is 5.97 Å². The third-order valence-electron chi connectivity index (χ3n) is 5.20. The van der Waals surface area contributed by atoms with E-state index in [1.165, 1.54) is 19.2 Å². The van der Waals surface area contributed by atoms with Gasteiger partial charge in [0.1, 0.15) is 17.2 Å². The number of carboxylic acid groups (broad SMARTS) is 1. The van der Waals surface area contributed by atoms with Crippen LogP contribution in [0, 0.1) is 18.6 Å². The molecule has 2 aromatic rings. The van der Waals surface area contributed by atoms with Gasteiger partial charge in [-0.15, -0.1) is 0 Å². The molecule has 1 saturated heterocycles. The van der Waals surface area contributed by atoms with E-state index in [1.807, 2.05) is 0 Å². The Labute approximate surface area is 155 Å². The number of halogens is 2. The molecule has 1 N–H and O–H groups in total. The Balaban J connectivity index is 1.68. The highest BCUT2D eigenvalue weighted by Gasteiger charge is 2.31. The van der Waals surface area contributed by atoms with Crippen LogP contribution in [-0.2, 0) is 4.79 Å². The SMILES string of the molecule is Cc1c(C(=O)O)cnn1C1CCN(C(=O)C(C)c2c(F)cccc2F)CC1. The van der Waals surface area contributed by atoms with Gasteiger partial charge in [0, 0.05) is 18.7 Å². The number of carboxylic acids is 1. The predicted octanol–water partition coefficient (Wildman–Crippen LogP) is 3.14. The average molecular weight is 377 g/mol. The molecule has 1 fully saturated rings. The van der Waals surface area contributed by atoms with E-state index in [0.29, 0.717) is 31.6 Å². The molecule has 1 aliphatic heterocycles. The third-order valence-corrected chi connectivity index (χ3v) is 5.20. The van der Waals surface area contributed by atoms with Crippen molar-refractivity contribution in [3.05, 3.63) is 52.9 Å². The van der Waals surface area contributed by atoms with Crippen LogP contribution in [-0.4, -0.2) is 44.8 Å². The number of likely N-dealkylation sites (tertiary alicyclic amines) is 1. The summed E-state index contributed by atoms with van der Waals surface area (Å²) in [5.41, 5.74) is 0.532. The first kappa shape index (κ1) is 19.0. The summed E-state index contributed by atoms with van der Waals surface area (Å²) in [6, 6.07) is 3.56. The van der Waals surface area contributed by atoms with E-state index in [2.05, 4.69) is 5.10 Å². The van der Waals surface area contributed by atoms with Crippen molar-refractivity contribution >= 4 is 11.9 Å². The molecule has 0 saturated carbocycles. The molecule has 0 bridgehead atoms. The monoisotopic (exact) mass is 377 g/mol. The van der Waals surface area contributed by atoms with E-state index in [4.69, 9.17) is 5.11 Å². The number of rotatable bonds is 4. The van der Waals surface area contributed by atoms with E-state index in [1.54, 1.807) is 16.5 Å². The maximum absolute atomic E-state index is 14.0. The summed E-state index contributed by atoms with van der Waals surface area (Å²) in [4.78, 5) is 25.5. The summed E-state index contributed by atoms with van der Waals surface area (Å²) >= 11 is 0. The maximum Gasteiger partial charge on any atom is 0.339 e. The van der Waals surface area contributed by atoms with Gasteiger partial charge in [0.05, 0.1) is 23.9 Å². The Hall–Kier alpha value is -2.77. The molecular weight excluding hydrogens is 356 g/mol. The number of hydrogen-bond acceptors (Lipinski definition) is 3. The number of hydrogen-bond donors (Lipinski definition) is 1. The van der Waals surface area contributed by atoms with Gasteiger partial charge in [0.2, 0.25) is 5.91 Å². The maximum atomic E-state index is 14.0. The number of carbonyl (C=O) groups is 2. The average Bonchev–Trinajstić information content (AvgIpc) is 3.02. The number of aromatic carboxylic acids is 1. The van der Waals surface area contributed by atoms with Crippen LogP contribution in [0.3, 0.4) is 0 Å². The van der Waals surface area contributed by atoms with E-state index in [0.717, 1.165) is 12.1 Å². The minimum atomic E-state index is -1.02. The number of nitrogens with zero attached hydrogens (tertiary/aromatic N) is 3. The van der Waals surface area contributed by atoms with Gasteiger partial charge in [-0.05, 0) is 38.8 Å². The topological polar surface area (TPSA) is 75.4 Å². The zero-order valence-electron chi connectivity index (χ0n) is 15.2. The zero-order valence-corrected chi connectivity index (χ0v) is 15.2. The van der Waals surface area contributed by atoms with Crippen LogP contribution in [0.15, 0.2) is 24.4 Å². The molecule has 27 heavy (non-hydrogen) atoms. The fraction of sp³-hybridized carbons (Fsp3) is 0.421. The van der Waals surface area contributed by atoms with Crippen LogP contribution < -0.4 is 0 Å². The van der Waals surface area contributed by atoms with E-state index in [-0.39, 0.29) is 23.1 Å². The number of amides is 1. The quantitative estimate of drug-likeness (QED) is 0.888. The molecule has 1 unspecified atom stereocenters. The molecule has 8 heteroatoms. The van der Waals surface area contributed by atoms with Crippen molar-refractivity contribution < 1.29 is 23.5 Å². The largest absolute Gasteiger partial charge is 0.478 e. The molecule has 144 valence electrons. The molecule has 1 amide bonds. The summed E-state index contributed by atoms with van der Waals surface area (Å²) < 4.78 is 29.6. The Kier molecular flexibility index (Phi) is 5.25. The van der Waals surface area contributed by atoms with E-state index < -0.39 is 23.5 Å². The molecule has 0 aliphatic carbocycles. The van der Waals surface area contributed by atoms with Crippen molar-refractivity contribution in [3.63, 3.8) is 0 Å². The molecule has 6 nitrogen and oxygen atoms in total. The van der Waals surface area contributed by atoms with Gasteiger partial charge < -0.3 is 10.0 Å². The summed E-state index contributed by atoms with van der Waals surface area (Å²) in [7, 11) is 0. The highest BCUT2D eigenvalue weighted by atomic mass is 19.1. The van der Waals surface area contributed by atoms with E-state index >= 15 is 0 Å². The molecule has 3 rings (SSSR count). The molecule has 2 heterocycles. The lowest BCUT2D eigenvalue weighted by molar-refractivity contribution is -0.133. The Bertz CT molecular complexity index is 853. The first-order valence-electron chi connectivity index (χ1n) is 8.81. The van der Waals surface area contributed by atoms with Gasteiger partial charge in [0.15, 0.2) is 0 Å². The van der Waals surface area contributed by atoms with Crippen molar-refractivity contribution in [2.45, 2.75) is 38.6 Å². The van der Waals surface area contributed by atoms with Crippen LogP contribution >= 0.6 is 0 Å². The lowest BCUT2D eigenvalue weighted by atomic mass is 9.96. The highest BCUT2D eigenvalue weighted by Crippen LogP contribution is 2.29. The lowest BCUT2D eigenvalue weighted by Gasteiger charge is -2.34. The number of benzene rings is 1. The number of piperidine rings is 1. The first-order valence-corrected chi connectivity index (χ1v) is 8.81. The van der Waals surface area contributed by atoms with Gasteiger partial charge in [-0.1, -0.05) is 6.07 Å².